The summed E-state index contributed by atoms with van der Waals surface area (Å²) in [6.07, 6.45) is 2.96. The highest BCUT2D eigenvalue weighted by atomic mass is 16.3. The van der Waals surface area contributed by atoms with E-state index >= 15 is 0 Å². The minimum atomic E-state index is 0.310. The van der Waals surface area contributed by atoms with Crippen molar-refractivity contribution in [2.75, 3.05) is 0 Å². The van der Waals surface area contributed by atoms with Crippen molar-refractivity contribution in [2.24, 2.45) is 5.18 Å². The van der Waals surface area contributed by atoms with Crippen LogP contribution in [0.3, 0.4) is 0 Å². The van der Waals surface area contributed by atoms with Crippen molar-refractivity contribution in [3.05, 3.63) is 46.9 Å². The summed E-state index contributed by atoms with van der Waals surface area (Å²) in [5.74, 6) is 0. The van der Waals surface area contributed by atoms with E-state index < -0.39 is 0 Å². The number of aldehydes is 1. The molecule has 0 aliphatic rings. The first-order chi connectivity index (χ1) is 6.31. The van der Waals surface area contributed by atoms with Gasteiger partial charge in [-0.25, -0.2) is 0 Å². The van der Waals surface area contributed by atoms with Crippen molar-refractivity contribution in [3.8, 4) is 0 Å². The van der Waals surface area contributed by atoms with Crippen LogP contribution in [0, 0.1) is 4.91 Å². The number of hydrogen-bond acceptors (Lipinski definition) is 3. The van der Waals surface area contributed by atoms with Crippen LogP contribution >= 0.6 is 0 Å². The van der Waals surface area contributed by atoms with Crippen LogP contribution in [0.4, 0.5) is 5.69 Å². The summed E-state index contributed by atoms with van der Waals surface area (Å²) >= 11 is 0. The molecule has 0 amide bonds. The molecule has 0 radical (unpaired) electrons. The third kappa shape index (κ3) is 2.08. The number of nitrogens with zero attached hydrogens (tertiary/aromatic N) is 1. The number of rotatable bonds is 4. The summed E-state index contributed by atoms with van der Waals surface area (Å²) < 4.78 is 0. The summed E-state index contributed by atoms with van der Waals surface area (Å²) in [4.78, 5) is 20.7. The molecule has 0 aliphatic carbocycles. The number of hydrogen-bond donors (Lipinski definition) is 0. The van der Waals surface area contributed by atoms with Crippen molar-refractivity contribution >= 4 is 12.0 Å². The molecule has 0 bridgehead atoms. The molecule has 0 aliphatic heterocycles. The molecule has 0 saturated carbocycles. The van der Waals surface area contributed by atoms with Gasteiger partial charge < -0.3 is 0 Å². The third-order valence-corrected chi connectivity index (χ3v) is 1.71. The zero-order valence-corrected chi connectivity index (χ0v) is 7.06. The molecule has 13 heavy (non-hydrogen) atoms. The van der Waals surface area contributed by atoms with Crippen LogP contribution in [0.5, 0.6) is 0 Å². The molecule has 1 aromatic carbocycles. The van der Waals surface area contributed by atoms with Crippen LogP contribution in [0.15, 0.2) is 36.0 Å². The highest BCUT2D eigenvalue weighted by Gasteiger charge is 2.02. The largest absolute Gasteiger partial charge is 0.298 e. The number of nitroso groups, excluding NO2 is 1. The van der Waals surface area contributed by atoms with E-state index in [0.717, 1.165) is 5.56 Å². The fourth-order valence-electron chi connectivity index (χ4n) is 1.07. The third-order valence-electron chi connectivity index (χ3n) is 1.71. The highest BCUT2D eigenvalue weighted by Crippen LogP contribution is 2.20. The van der Waals surface area contributed by atoms with Gasteiger partial charge in [-0.05, 0) is 23.2 Å². The Bertz CT molecular complexity index is 345. The molecule has 0 N–H and O–H groups in total. The molecule has 1 rings (SSSR count). The number of allylic oxidation sites excluding steroid dienone is 1. The molecule has 1 aromatic rings. The lowest BCUT2D eigenvalue weighted by Crippen LogP contribution is -1.85. The smallest absolute Gasteiger partial charge is 0.150 e. The first-order valence-corrected chi connectivity index (χ1v) is 3.84. The maximum Gasteiger partial charge on any atom is 0.150 e. The zero-order valence-electron chi connectivity index (χ0n) is 7.06. The summed E-state index contributed by atoms with van der Waals surface area (Å²) in [7, 11) is 0. The van der Waals surface area contributed by atoms with Gasteiger partial charge in [0.2, 0.25) is 0 Å². The van der Waals surface area contributed by atoms with Gasteiger partial charge in [0, 0.05) is 5.56 Å². The van der Waals surface area contributed by atoms with Crippen LogP contribution < -0.4 is 0 Å². The van der Waals surface area contributed by atoms with Gasteiger partial charge in [-0.15, -0.1) is 11.5 Å². The number of carbonyl (C=O) groups is 1. The minimum Gasteiger partial charge on any atom is -0.298 e. The van der Waals surface area contributed by atoms with Gasteiger partial charge in [0.05, 0.1) is 0 Å². The van der Waals surface area contributed by atoms with E-state index in [1.54, 1.807) is 18.2 Å². The lowest BCUT2D eigenvalue weighted by molar-refractivity contribution is 0.112. The molecule has 66 valence electrons. The van der Waals surface area contributed by atoms with Gasteiger partial charge >= 0.3 is 0 Å². The Morgan fingerprint density at radius 3 is 2.77 bits per heavy atom. The summed E-state index contributed by atoms with van der Waals surface area (Å²) in [5, 5.41) is 2.84. The second-order valence-corrected chi connectivity index (χ2v) is 2.59. The molecule has 0 unspecified atom stereocenters. The van der Waals surface area contributed by atoms with Crippen molar-refractivity contribution in [3.63, 3.8) is 0 Å². The minimum absolute atomic E-state index is 0.310. The highest BCUT2D eigenvalue weighted by molar-refractivity contribution is 5.77. The van der Waals surface area contributed by atoms with Crippen LogP contribution in [0.1, 0.15) is 15.9 Å². The quantitative estimate of drug-likeness (QED) is 0.401. The van der Waals surface area contributed by atoms with Gasteiger partial charge in [-0.3, -0.25) is 4.79 Å². The molecule has 0 spiro atoms. The molecular formula is C10H9NO2. The first kappa shape index (κ1) is 9.32. The maximum atomic E-state index is 10.4. The molecule has 0 atom stereocenters. The fourth-order valence-corrected chi connectivity index (χ4v) is 1.07. The van der Waals surface area contributed by atoms with E-state index in [1.165, 1.54) is 6.07 Å². The number of benzene rings is 1. The predicted molar refractivity (Wildman–Crippen MR) is 51.2 cm³/mol. The van der Waals surface area contributed by atoms with Crippen LogP contribution in [0.25, 0.3) is 0 Å². The van der Waals surface area contributed by atoms with E-state index in [9.17, 15) is 9.70 Å². The molecule has 0 fully saturated rings. The van der Waals surface area contributed by atoms with E-state index in [1.807, 2.05) is 0 Å². The van der Waals surface area contributed by atoms with Gasteiger partial charge in [-0.2, -0.15) is 0 Å². The van der Waals surface area contributed by atoms with E-state index in [-0.39, 0.29) is 0 Å². The van der Waals surface area contributed by atoms with Crippen molar-refractivity contribution in [2.45, 2.75) is 6.42 Å². The Kier molecular flexibility index (Phi) is 3.09. The molecule has 3 nitrogen and oxygen atoms in total. The Hall–Kier alpha value is -1.77. The number of carbonyl (C=O) groups excluding carboxylic acids is 1. The van der Waals surface area contributed by atoms with Gasteiger partial charge in [-0.1, -0.05) is 18.2 Å². The Morgan fingerprint density at radius 2 is 2.23 bits per heavy atom. The monoisotopic (exact) mass is 175 g/mol. The van der Waals surface area contributed by atoms with Gasteiger partial charge in [0.1, 0.15) is 12.0 Å². The average Bonchev–Trinajstić information content (AvgIpc) is 2.19. The van der Waals surface area contributed by atoms with Crippen molar-refractivity contribution < 1.29 is 4.79 Å². The average molecular weight is 175 g/mol. The molecule has 3 heteroatoms. The van der Waals surface area contributed by atoms with Crippen LogP contribution in [0.2, 0.25) is 0 Å². The Balaban J connectivity index is 3.14. The molecule has 0 saturated heterocycles. The topological polar surface area (TPSA) is 46.5 Å². The zero-order chi connectivity index (χ0) is 9.68. The van der Waals surface area contributed by atoms with E-state index in [0.29, 0.717) is 24.0 Å². The summed E-state index contributed by atoms with van der Waals surface area (Å²) in [6.45, 7) is 3.56. The van der Waals surface area contributed by atoms with E-state index in [4.69, 9.17) is 0 Å². The maximum absolute atomic E-state index is 10.4. The molecule has 0 aromatic heterocycles. The lowest BCUT2D eigenvalue weighted by Gasteiger charge is -1.99. The fraction of sp³-hybridized carbons (Fsp3) is 0.100. The van der Waals surface area contributed by atoms with Crippen LogP contribution in [-0.2, 0) is 6.42 Å². The lowest BCUT2D eigenvalue weighted by atomic mass is 10.1. The standard InChI is InChI=1S/C10H9NO2/c1-2-3-9-5-4-8(7-12)6-10(9)11-13/h2,4-7H,1,3H2. The van der Waals surface area contributed by atoms with Gasteiger partial charge in [0.25, 0.3) is 0 Å². The Morgan fingerprint density at radius 1 is 1.46 bits per heavy atom. The Labute approximate surface area is 76.1 Å². The van der Waals surface area contributed by atoms with Gasteiger partial charge in [0.15, 0.2) is 0 Å². The normalized spacial score (nSPS) is 9.23. The summed E-state index contributed by atoms with van der Waals surface area (Å²) in [6, 6.07) is 4.83. The SMILES string of the molecule is C=CCc1ccc(C=O)cc1N=O. The second-order valence-electron chi connectivity index (χ2n) is 2.59. The second kappa shape index (κ2) is 4.30. The molecular weight excluding hydrogens is 166 g/mol. The van der Waals surface area contributed by atoms with Crippen molar-refractivity contribution in [1.82, 2.24) is 0 Å². The van der Waals surface area contributed by atoms with E-state index in [2.05, 4.69) is 11.8 Å². The predicted octanol–water partition coefficient (Wildman–Crippen LogP) is 2.63. The first-order valence-electron chi connectivity index (χ1n) is 3.84. The molecule has 0 heterocycles. The van der Waals surface area contributed by atoms with Crippen molar-refractivity contribution in [1.29, 1.82) is 0 Å². The summed E-state index contributed by atoms with van der Waals surface area (Å²) in [5.41, 5.74) is 1.56. The van der Waals surface area contributed by atoms with Crippen LogP contribution in [-0.4, -0.2) is 6.29 Å².